The molecule has 0 aromatic carbocycles. The molecule has 41 heavy (non-hydrogen) atoms. The van der Waals surface area contributed by atoms with Crippen molar-refractivity contribution in [1.82, 2.24) is 5.32 Å². The predicted molar refractivity (Wildman–Crippen MR) is 132 cm³/mol. The molecule has 0 spiro atoms. The van der Waals surface area contributed by atoms with Crippen molar-refractivity contribution < 1.29 is 77.5 Å². The Kier molecular flexibility index (Phi) is 12.6. The lowest BCUT2D eigenvalue weighted by Gasteiger charge is -2.49. The highest BCUT2D eigenvalue weighted by molar-refractivity contribution is 7.85. The first kappa shape index (κ1) is 34.8. The van der Waals surface area contributed by atoms with Gasteiger partial charge in [-0.1, -0.05) is 0 Å². The van der Waals surface area contributed by atoms with E-state index in [1.54, 1.807) is 0 Å². The van der Waals surface area contributed by atoms with Gasteiger partial charge < -0.3 is 81.3 Å². The topological polar surface area (TPSA) is 326 Å². The molecule has 19 nitrogen and oxygen atoms in total. The summed E-state index contributed by atoms with van der Waals surface area (Å²) >= 11 is 0. The van der Waals surface area contributed by atoms with E-state index in [2.05, 4.69) is 5.32 Å². The standard InChI is InChI=1S/C21H41N3O16S/c22-10-15(30)17(8(5-26)36-19(10)32)40-21-12(24-2-1-3-41(33,34)35)16(31)18(9(6-27)38-21)39-20-11(23)14(29)13(28)7(4-25)37-20/h7-21,24-32H,1-6,22-23H2,(H,33,34,35)/t7-,8-,9-,10-,11-,12-,13-,14-,15-,16-,17?,18?,19-,20+,21+/m1/s1. The third-order valence-electron chi connectivity index (χ3n) is 7.24. The summed E-state index contributed by atoms with van der Waals surface area (Å²) in [5, 5.41) is 84.2. The van der Waals surface area contributed by atoms with Gasteiger partial charge in [0.2, 0.25) is 0 Å². The van der Waals surface area contributed by atoms with Crippen LogP contribution in [0.15, 0.2) is 0 Å². The van der Waals surface area contributed by atoms with Crippen LogP contribution >= 0.6 is 0 Å². The smallest absolute Gasteiger partial charge is 0.264 e. The summed E-state index contributed by atoms with van der Waals surface area (Å²) in [7, 11) is -4.31. The third-order valence-corrected chi connectivity index (χ3v) is 8.05. The van der Waals surface area contributed by atoms with Crippen molar-refractivity contribution in [2.24, 2.45) is 11.5 Å². The molecule has 0 bridgehead atoms. The van der Waals surface area contributed by atoms with Crippen LogP contribution in [0.4, 0.5) is 0 Å². The molecule has 2 unspecified atom stereocenters. The highest BCUT2D eigenvalue weighted by atomic mass is 32.2. The number of hydrogen-bond acceptors (Lipinski definition) is 18. The van der Waals surface area contributed by atoms with Crippen LogP contribution in [0, 0.1) is 0 Å². The molecule has 3 fully saturated rings. The number of rotatable bonds is 12. The Morgan fingerprint density at radius 2 is 1.24 bits per heavy atom. The number of ether oxygens (including phenoxy) is 5. The zero-order valence-electron chi connectivity index (χ0n) is 21.8. The summed E-state index contributed by atoms with van der Waals surface area (Å²) < 4.78 is 59.3. The Morgan fingerprint density at radius 3 is 1.83 bits per heavy atom. The summed E-state index contributed by atoms with van der Waals surface area (Å²) in [5.41, 5.74) is 11.7. The molecule has 3 rings (SSSR count). The molecule has 0 amide bonds. The Morgan fingerprint density at radius 1 is 0.707 bits per heavy atom. The van der Waals surface area contributed by atoms with Crippen LogP contribution in [-0.2, 0) is 33.8 Å². The first-order chi connectivity index (χ1) is 19.2. The molecular weight excluding hydrogens is 582 g/mol. The van der Waals surface area contributed by atoms with Crippen LogP contribution in [0.25, 0.3) is 0 Å². The first-order valence-corrected chi connectivity index (χ1v) is 14.5. The van der Waals surface area contributed by atoms with E-state index in [0.717, 1.165) is 0 Å². The lowest BCUT2D eigenvalue weighted by molar-refractivity contribution is -0.350. The van der Waals surface area contributed by atoms with Crippen molar-refractivity contribution in [3.63, 3.8) is 0 Å². The average molecular weight is 624 g/mol. The minimum Gasteiger partial charge on any atom is -0.394 e. The van der Waals surface area contributed by atoms with E-state index in [-0.39, 0.29) is 13.0 Å². The van der Waals surface area contributed by atoms with Gasteiger partial charge in [0.1, 0.15) is 54.9 Å². The highest BCUT2D eigenvalue weighted by Gasteiger charge is 2.53. The molecule has 242 valence electrons. The lowest BCUT2D eigenvalue weighted by atomic mass is 9.94. The Balaban J connectivity index is 1.84. The van der Waals surface area contributed by atoms with Gasteiger partial charge in [0.15, 0.2) is 18.9 Å². The SMILES string of the molecule is N[C@H]1[C@H](OC2[C@@H](CO)O[C@@H](OC3[C@@H](CO)O[C@@H](O)[C@H](N)[C@H]3O)[C@H](NCCCS(=O)(=O)O)[C@H]2O)O[C@H](CO)[C@@H](O)[C@@H]1O. The van der Waals surface area contributed by atoms with Gasteiger partial charge in [-0.25, -0.2) is 0 Å². The van der Waals surface area contributed by atoms with Gasteiger partial charge in [0.05, 0.1) is 43.7 Å². The maximum absolute atomic E-state index is 11.3. The highest BCUT2D eigenvalue weighted by Crippen LogP contribution is 2.31. The van der Waals surface area contributed by atoms with Gasteiger partial charge >= 0.3 is 0 Å². The van der Waals surface area contributed by atoms with Crippen molar-refractivity contribution in [2.45, 2.75) is 98.4 Å². The zero-order valence-corrected chi connectivity index (χ0v) is 22.7. The van der Waals surface area contributed by atoms with E-state index in [4.69, 9.17) is 39.7 Å². The largest absolute Gasteiger partial charge is 0.394 e. The zero-order chi connectivity index (χ0) is 30.6. The molecule has 20 heteroatoms. The maximum Gasteiger partial charge on any atom is 0.264 e. The van der Waals surface area contributed by atoms with Crippen LogP contribution in [-0.4, -0.2) is 178 Å². The van der Waals surface area contributed by atoms with Crippen molar-refractivity contribution in [3.8, 4) is 0 Å². The van der Waals surface area contributed by atoms with Gasteiger partial charge in [-0.05, 0) is 13.0 Å². The number of nitrogens with one attached hydrogen (secondary N) is 1. The third kappa shape index (κ3) is 8.26. The average Bonchev–Trinajstić information content (AvgIpc) is 2.92. The first-order valence-electron chi connectivity index (χ1n) is 12.9. The maximum atomic E-state index is 11.3. The fraction of sp³-hybridized carbons (Fsp3) is 1.00. The van der Waals surface area contributed by atoms with Crippen molar-refractivity contribution in [1.29, 1.82) is 0 Å². The van der Waals surface area contributed by atoms with Crippen molar-refractivity contribution in [3.05, 3.63) is 0 Å². The summed E-state index contributed by atoms with van der Waals surface area (Å²) in [5.74, 6) is -0.629. The number of aliphatic hydroxyl groups is 8. The lowest BCUT2D eigenvalue weighted by Crippen LogP contribution is -2.70. The molecule has 3 aliphatic rings. The van der Waals surface area contributed by atoms with Gasteiger partial charge in [0.25, 0.3) is 10.1 Å². The molecule has 14 N–H and O–H groups in total. The summed E-state index contributed by atoms with van der Waals surface area (Å²) in [6.07, 6.45) is -18.0. The van der Waals surface area contributed by atoms with E-state index in [1.165, 1.54) is 0 Å². The Hall–Kier alpha value is -0.730. The second-order valence-corrected chi connectivity index (χ2v) is 11.7. The fourth-order valence-corrected chi connectivity index (χ4v) is 5.41. The molecule has 0 radical (unpaired) electrons. The van der Waals surface area contributed by atoms with E-state index in [9.17, 15) is 49.3 Å². The second-order valence-electron chi connectivity index (χ2n) is 10.1. The van der Waals surface area contributed by atoms with Crippen molar-refractivity contribution >= 4 is 10.1 Å². The van der Waals surface area contributed by atoms with Crippen LogP contribution in [0.1, 0.15) is 6.42 Å². The number of nitrogens with two attached hydrogens (primary N) is 2. The summed E-state index contributed by atoms with van der Waals surface area (Å²) in [6.45, 7) is -2.34. The Bertz CT molecular complexity index is 917. The fourth-order valence-electron chi connectivity index (χ4n) is 4.90. The van der Waals surface area contributed by atoms with Gasteiger partial charge in [0, 0.05) is 0 Å². The van der Waals surface area contributed by atoms with Crippen LogP contribution < -0.4 is 16.8 Å². The Labute approximate surface area is 235 Å². The van der Waals surface area contributed by atoms with Crippen LogP contribution in [0.3, 0.4) is 0 Å². The van der Waals surface area contributed by atoms with Gasteiger partial charge in [-0.3, -0.25) is 4.55 Å². The molecule has 0 aliphatic carbocycles. The van der Waals surface area contributed by atoms with Crippen LogP contribution in [0.5, 0.6) is 0 Å². The minimum atomic E-state index is -4.31. The second kappa shape index (κ2) is 14.8. The van der Waals surface area contributed by atoms with E-state index in [1.807, 2.05) is 0 Å². The summed E-state index contributed by atoms with van der Waals surface area (Å²) in [6, 6.07) is -4.02. The molecule has 3 saturated heterocycles. The molecule has 3 heterocycles. The molecule has 0 aromatic rings. The van der Waals surface area contributed by atoms with E-state index in [0.29, 0.717) is 0 Å². The van der Waals surface area contributed by atoms with Gasteiger partial charge in [-0.15, -0.1) is 0 Å². The molecule has 3 aliphatic heterocycles. The molecule has 15 atom stereocenters. The van der Waals surface area contributed by atoms with Crippen molar-refractivity contribution in [2.75, 3.05) is 32.1 Å². The van der Waals surface area contributed by atoms with E-state index < -0.39 is 128 Å². The molecule has 0 aromatic heterocycles. The summed E-state index contributed by atoms with van der Waals surface area (Å²) in [4.78, 5) is 0. The molecular formula is C21H41N3O16S. The normalized spacial score (nSPS) is 46.0. The minimum absolute atomic E-state index is 0.131. The van der Waals surface area contributed by atoms with Crippen LogP contribution in [0.2, 0.25) is 0 Å². The molecule has 0 saturated carbocycles. The number of aliphatic hydroxyl groups excluding tert-OH is 8. The van der Waals surface area contributed by atoms with Gasteiger partial charge in [-0.2, -0.15) is 8.42 Å². The van der Waals surface area contributed by atoms with E-state index >= 15 is 0 Å². The predicted octanol–water partition coefficient (Wildman–Crippen LogP) is -7.77. The monoisotopic (exact) mass is 623 g/mol. The quantitative estimate of drug-likeness (QED) is 0.0709. The number of hydrogen-bond donors (Lipinski definition) is 12.